The number of ether oxygens (including phenoxy) is 1. The summed E-state index contributed by atoms with van der Waals surface area (Å²) in [5, 5.41) is 9.45. The third-order valence-electron chi connectivity index (χ3n) is 4.18. The van der Waals surface area contributed by atoms with E-state index in [1.54, 1.807) is 19.9 Å². The normalized spacial score (nSPS) is 17.0. The van der Waals surface area contributed by atoms with Gasteiger partial charge >= 0.3 is 5.97 Å². The number of unbranched alkanes of at least 4 members (excludes halogenated alkanes) is 2. The summed E-state index contributed by atoms with van der Waals surface area (Å²) in [6, 6.07) is 6.53. The summed E-state index contributed by atoms with van der Waals surface area (Å²) in [5.74, 6) is -0.854. The zero-order valence-electron chi connectivity index (χ0n) is 15.8. The Balaban J connectivity index is 2.10. The van der Waals surface area contributed by atoms with Crippen LogP contribution in [0.15, 0.2) is 29.2 Å². The number of thioether (sulfide) groups is 1. The average molecular weight is 408 g/mol. The second-order valence-corrected chi connectivity index (χ2v) is 8.38. The molecule has 1 heterocycles. The van der Waals surface area contributed by atoms with E-state index < -0.39 is 12.0 Å². The molecule has 0 aliphatic carbocycles. The molecule has 27 heavy (non-hydrogen) atoms. The molecule has 1 fully saturated rings. The number of carbonyl (C=O) groups is 2. The Morgan fingerprint density at radius 3 is 2.52 bits per heavy atom. The minimum absolute atomic E-state index is 0.242. The number of nitrogens with zero attached hydrogens (tertiary/aromatic N) is 1. The van der Waals surface area contributed by atoms with Gasteiger partial charge in [-0.25, -0.2) is 4.79 Å². The van der Waals surface area contributed by atoms with E-state index in [-0.39, 0.29) is 16.1 Å². The Morgan fingerprint density at radius 1 is 1.30 bits per heavy atom. The first-order valence-corrected chi connectivity index (χ1v) is 10.3. The first-order chi connectivity index (χ1) is 12.8. The standard InChI is InChI=1S/C20H25NO4S2/c1-4-5-6-11-25-15-9-7-14(8-10-15)12-16-18(22)21(20(26)27-16)17(13(2)3)19(23)24/h7-10,12-13,17H,4-6,11H2,1-3H3,(H,23,24)/b16-12-/t17-/m1/s1. The van der Waals surface area contributed by atoms with Gasteiger partial charge in [0.25, 0.3) is 5.91 Å². The molecule has 2 rings (SSSR count). The molecule has 0 aromatic heterocycles. The summed E-state index contributed by atoms with van der Waals surface area (Å²) in [7, 11) is 0. The van der Waals surface area contributed by atoms with Gasteiger partial charge in [0.05, 0.1) is 11.5 Å². The van der Waals surface area contributed by atoms with Crippen molar-refractivity contribution in [1.82, 2.24) is 4.90 Å². The van der Waals surface area contributed by atoms with E-state index in [0.29, 0.717) is 11.5 Å². The van der Waals surface area contributed by atoms with E-state index in [2.05, 4.69) is 6.92 Å². The lowest BCUT2D eigenvalue weighted by Gasteiger charge is -2.26. The van der Waals surface area contributed by atoms with Crippen LogP contribution >= 0.6 is 24.0 Å². The summed E-state index contributed by atoms with van der Waals surface area (Å²) >= 11 is 6.40. The highest BCUT2D eigenvalue weighted by atomic mass is 32.2. The zero-order chi connectivity index (χ0) is 20.0. The maximum absolute atomic E-state index is 12.7. The number of carboxylic acid groups (broad SMARTS) is 1. The molecular formula is C20H25NO4S2. The molecule has 146 valence electrons. The van der Waals surface area contributed by atoms with Crippen molar-refractivity contribution >= 4 is 46.3 Å². The smallest absolute Gasteiger partial charge is 0.327 e. The van der Waals surface area contributed by atoms with Crippen LogP contribution in [0.2, 0.25) is 0 Å². The van der Waals surface area contributed by atoms with Crippen molar-refractivity contribution in [3.63, 3.8) is 0 Å². The maximum atomic E-state index is 12.7. The molecule has 1 atom stereocenters. The predicted molar refractivity (Wildman–Crippen MR) is 113 cm³/mol. The molecule has 1 aliphatic rings. The van der Waals surface area contributed by atoms with Crippen molar-refractivity contribution in [3.05, 3.63) is 34.7 Å². The van der Waals surface area contributed by atoms with E-state index >= 15 is 0 Å². The maximum Gasteiger partial charge on any atom is 0.327 e. The minimum Gasteiger partial charge on any atom is -0.494 e. The van der Waals surface area contributed by atoms with Gasteiger partial charge < -0.3 is 9.84 Å². The third kappa shape index (κ3) is 5.56. The molecule has 0 saturated carbocycles. The molecule has 7 heteroatoms. The molecular weight excluding hydrogens is 382 g/mol. The van der Waals surface area contributed by atoms with Crippen LogP contribution in [-0.4, -0.2) is 38.9 Å². The monoisotopic (exact) mass is 407 g/mol. The Bertz CT molecular complexity index is 728. The summed E-state index contributed by atoms with van der Waals surface area (Å²) in [6.45, 7) is 6.37. The van der Waals surface area contributed by atoms with Crippen LogP contribution in [0.4, 0.5) is 0 Å². The highest BCUT2D eigenvalue weighted by molar-refractivity contribution is 8.26. The quantitative estimate of drug-likeness (QED) is 0.368. The van der Waals surface area contributed by atoms with Crippen LogP contribution in [0.25, 0.3) is 6.08 Å². The number of benzene rings is 1. The molecule has 5 nitrogen and oxygen atoms in total. The van der Waals surface area contributed by atoms with Crippen LogP contribution in [0.1, 0.15) is 45.6 Å². The number of hydrogen-bond acceptors (Lipinski definition) is 5. The van der Waals surface area contributed by atoms with Crippen molar-refractivity contribution in [3.8, 4) is 5.75 Å². The number of aliphatic carboxylic acids is 1. The van der Waals surface area contributed by atoms with Crippen molar-refractivity contribution in [1.29, 1.82) is 0 Å². The van der Waals surface area contributed by atoms with Gasteiger partial charge in [0.1, 0.15) is 16.1 Å². The van der Waals surface area contributed by atoms with Gasteiger partial charge in [0, 0.05) is 0 Å². The Hall–Kier alpha value is -1.86. The molecule has 1 aromatic rings. The van der Waals surface area contributed by atoms with Gasteiger partial charge in [-0.2, -0.15) is 0 Å². The number of amides is 1. The number of carbonyl (C=O) groups excluding carboxylic acids is 1. The fourth-order valence-corrected chi connectivity index (χ4v) is 4.10. The summed E-state index contributed by atoms with van der Waals surface area (Å²) in [5.41, 5.74) is 0.841. The fraction of sp³-hybridized carbons (Fsp3) is 0.450. The van der Waals surface area contributed by atoms with Crippen LogP contribution in [0.3, 0.4) is 0 Å². The second-order valence-electron chi connectivity index (χ2n) is 6.70. The lowest BCUT2D eigenvalue weighted by molar-refractivity contribution is -0.146. The molecule has 0 bridgehead atoms. The predicted octanol–water partition coefficient (Wildman–Crippen LogP) is 4.57. The number of thiocarbonyl (C=S) groups is 1. The highest BCUT2D eigenvalue weighted by Crippen LogP contribution is 2.35. The van der Waals surface area contributed by atoms with Crippen LogP contribution < -0.4 is 4.74 Å². The first kappa shape index (κ1) is 21.4. The van der Waals surface area contributed by atoms with Crippen molar-refractivity contribution in [2.75, 3.05) is 6.61 Å². The van der Waals surface area contributed by atoms with Crippen LogP contribution in [0.5, 0.6) is 5.75 Å². The van der Waals surface area contributed by atoms with Gasteiger partial charge in [0.15, 0.2) is 0 Å². The Morgan fingerprint density at radius 2 is 1.96 bits per heavy atom. The third-order valence-corrected chi connectivity index (χ3v) is 5.51. The molecule has 0 spiro atoms. The first-order valence-electron chi connectivity index (χ1n) is 9.07. The molecule has 0 unspecified atom stereocenters. The van der Waals surface area contributed by atoms with Gasteiger partial charge in [-0.15, -0.1) is 0 Å². The molecule has 0 radical (unpaired) electrons. The van der Waals surface area contributed by atoms with E-state index in [4.69, 9.17) is 17.0 Å². The van der Waals surface area contributed by atoms with Crippen molar-refractivity contribution in [2.24, 2.45) is 5.92 Å². The second kappa shape index (κ2) is 9.90. The van der Waals surface area contributed by atoms with Gasteiger partial charge in [-0.3, -0.25) is 9.69 Å². The van der Waals surface area contributed by atoms with Crippen LogP contribution in [0, 0.1) is 5.92 Å². The molecule has 1 amide bonds. The van der Waals surface area contributed by atoms with Crippen molar-refractivity contribution in [2.45, 2.75) is 46.1 Å². The Kier molecular flexibility index (Phi) is 7.86. The summed E-state index contributed by atoms with van der Waals surface area (Å²) in [4.78, 5) is 25.9. The van der Waals surface area contributed by atoms with E-state index in [0.717, 1.165) is 42.3 Å². The number of hydrogen-bond donors (Lipinski definition) is 1. The van der Waals surface area contributed by atoms with E-state index in [1.165, 1.54) is 4.90 Å². The SMILES string of the molecule is CCCCCOc1ccc(/C=C2\SC(=S)N([C@@H](C(=O)O)C(C)C)C2=O)cc1. The average Bonchev–Trinajstić information content (AvgIpc) is 2.87. The number of rotatable bonds is 9. The highest BCUT2D eigenvalue weighted by Gasteiger charge is 2.41. The largest absolute Gasteiger partial charge is 0.494 e. The van der Waals surface area contributed by atoms with Crippen molar-refractivity contribution < 1.29 is 19.4 Å². The lowest BCUT2D eigenvalue weighted by Crippen LogP contribution is -2.47. The molecule has 1 N–H and O–H groups in total. The topological polar surface area (TPSA) is 66.8 Å². The van der Waals surface area contributed by atoms with Gasteiger partial charge in [-0.1, -0.05) is 69.7 Å². The zero-order valence-corrected chi connectivity index (χ0v) is 17.4. The minimum atomic E-state index is -1.05. The van der Waals surface area contributed by atoms with Gasteiger partial charge in [-0.05, 0) is 36.1 Å². The molecule has 1 saturated heterocycles. The van der Waals surface area contributed by atoms with Crippen LogP contribution in [-0.2, 0) is 9.59 Å². The van der Waals surface area contributed by atoms with Gasteiger partial charge in [0.2, 0.25) is 0 Å². The van der Waals surface area contributed by atoms with E-state index in [9.17, 15) is 14.7 Å². The lowest BCUT2D eigenvalue weighted by atomic mass is 10.0. The summed E-state index contributed by atoms with van der Waals surface area (Å²) in [6.07, 6.45) is 5.06. The van der Waals surface area contributed by atoms with E-state index in [1.807, 2.05) is 24.3 Å². The summed E-state index contributed by atoms with van der Waals surface area (Å²) < 4.78 is 5.97. The molecule has 1 aliphatic heterocycles. The molecule has 1 aromatic carbocycles. The Labute approximate surface area is 169 Å². The fourth-order valence-electron chi connectivity index (χ4n) is 2.77. The number of carboxylic acids is 1.